The molecule has 0 aliphatic heterocycles. The van der Waals surface area contributed by atoms with E-state index in [-0.39, 0.29) is 11.3 Å². The Bertz CT molecular complexity index is 454. The van der Waals surface area contributed by atoms with E-state index < -0.39 is 0 Å². The predicted octanol–water partition coefficient (Wildman–Crippen LogP) is 1.49. The molecule has 0 radical (unpaired) electrons. The maximum Gasteiger partial charge on any atom is 0.225 e. The molecule has 0 atom stereocenters. The first kappa shape index (κ1) is 13.1. The zero-order valence-electron chi connectivity index (χ0n) is 11.4. The van der Waals surface area contributed by atoms with Gasteiger partial charge in [-0.3, -0.25) is 9.48 Å². The van der Waals surface area contributed by atoms with Crippen LogP contribution in [0, 0.1) is 19.3 Å². The molecule has 0 unspecified atom stereocenters. The maximum atomic E-state index is 12.1. The van der Waals surface area contributed by atoms with Gasteiger partial charge in [-0.25, -0.2) is 0 Å². The number of aryl methyl sites for hydroxylation is 2. The van der Waals surface area contributed by atoms with E-state index >= 15 is 0 Å². The molecule has 5 nitrogen and oxygen atoms in total. The van der Waals surface area contributed by atoms with Crippen molar-refractivity contribution in [2.24, 2.45) is 18.2 Å². The third-order valence-electron chi connectivity index (χ3n) is 4.16. The van der Waals surface area contributed by atoms with Crippen LogP contribution in [0.15, 0.2) is 0 Å². The van der Waals surface area contributed by atoms with Crippen molar-refractivity contribution < 1.29 is 4.79 Å². The fourth-order valence-corrected chi connectivity index (χ4v) is 2.61. The fourth-order valence-electron chi connectivity index (χ4n) is 2.61. The van der Waals surface area contributed by atoms with Gasteiger partial charge in [0.1, 0.15) is 0 Å². The van der Waals surface area contributed by atoms with Crippen molar-refractivity contribution in [3.63, 3.8) is 0 Å². The standard InChI is InChI=1S/C13H22N4O/c1-9-12(10(2)17(3)16-9)15-11(18)7-13(8-14)5-4-6-13/h4-8,14H2,1-3H3,(H,15,18). The summed E-state index contributed by atoms with van der Waals surface area (Å²) in [4.78, 5) is 12.1. The van der Waals surface area contributed by atoms with Crippen molar-refractivity contribution in [3.05, 3.63) is 11.4 Å². The summed E-state index contributed by atoms with van der Waals surface area (Å²) in [6.45, 7) is 4.47. The molecule has 100 valence electrons. The van der Waals surface area contributed by atoms with Crippen LogP contribution in [0.1, 0.15) is 37.1 Å². The third kappa shape index (κ3) is 2.27. The van der Waals surface area contributed by atoms with E-state index in [9.17, 15) is 4.79 Å². The number of rotatable bonds is 4. The minimum atomic E-state index is 0.0497. The van der Waals surface area contributed by atoms with Gasteiger partial charge in [0.15, 0.2) is 0 Å². The molecule has 18 heavy (non-hydrogen) atoms. The molecule has 3 N–H and O–H groups in total. The molecular formula is C13H22N4O. The Morgan fingerprint density at radius 2 is 2.17 bits per heavy atom. The molecule has 0 aromatic carbocycles. The Hall–Kier alpha value is -1.36. The minimum Gasteiger partial charge on any atom is -0.330 e. The van der Waals surface area contributed by atoms with Gasteiger partial charge >= 0.3 is 0 Å². The van der Waals surface area contributed by atoms with Gasteiger partial charge in [-0.2, -0.15) is 5.10 Å². The van der Waals surface area contributed by atoms with E-state index in [2.05, 4.69) is 10.4 Å². The lowest BCUT2D eigenvalue weighted by molar-refractivity contribution is -0.119. The largest absolute Gasteiger partial charge is 0.330 e. The summed E-state index contributed by atoms with van der Waals surface area (Å²) in [5, 5.41) is 7.27. The third-order valence-corrected chi connectivity index (χ3v) is 4.16. The highest BCUT2D eigenvalue weighted by atomic mass is 16.1. The van der Waals surface area contributed by atoms with Crippen LogP contribution in [0.2, 0.25) is 0 Å². The lowest BCUT2D eigenvalue weighted by Gasteiger charge is -2.40. The lowest BCUT2D eigenvalue weighted by atomic mass is 9.66. The van der Waals surface area contributed by atoms with E-state index in [0.29, 0.717) is 13.0 Å². The second-order valence-electron chi connectivity index (χ2n) is 5.45. The van der Waals surface area contributed by atoms with Crippen LogP contribution in [0.5, 0.6) is 0 Å². The Morgan fingerprint density at radius 1 is 1.50 bits per heavy atom. The van der Waals surface area contributed by atoms with Crippen LogP contribution in [-0.2, 0) is 11.8 Å². The van der Waals surface area contributed by atoms with Gasteiger partial charge in [-0.1, -0.05) is 6.42 Å². The Kier molecular flexibility index (Phi) is 3.43. The molecule has 0 spiro atoms. The van der Waals surface area contributed by atoms with Crippen LogP contribution in [-0.4, -0.2) is 22.2 Å². The number of aromatic nitrogens is 2. The summed E-state index contributed by atoms with van der Waals surface area (Å²) in [5.41, 5.74) is 8.51. The SMILES string of the molecule is Cc1nn(C)c(C)c1NC(=O)CC1(CN)CCC1. The van der Waals surface area contributed by atoms with E-state index in [1.165, 1.54) is 6.42 Å². The Morgan fingerprint density at radius 3 is 2.56 bits per heavy atom. The van der Waals surface area contributed by atoms with Crippen LogP contribution >= 0.6 is 0 Å². The van der Waals surface area contributed by atoms with Crippen molar-refractivity contribution in [2.75, 3.05) is 11.9 Å². The quantitative estimate of drug-likeness (QED) is 0.850. The van der Waals surface area contributed by atoms with Crippen molar-refractivity contribution >= 4 is 11.6 Å². The van der Waals surface area contributed by atoms with Gasteiger partial charge in [0.25, 0.3) is 0 Å². The number of amides is 1. The molecular weight excluding hydrogens is 228 g/mol. The zero-order chi connectivity index (χ0) is 13.3. The number of nitrogens with one attached hydrogen (secondary N) is 1. The van der Waals surface area contributed by atoms with Crippen molar-refractivity contribution in [1.29, 1.82) is 0 Å². The normalized spacial score (nSPS) is 17.3. The summed E-state index contributed by atoms with van der Waals surface area (Å²) in [6.07, 6.45) is 3.86. The molecule has 2 rings (SSSR count). The first-order valence-electron chi connectivity index (χ1n) is 6.47. The molecule has 0 saturated heterocycles. The van der Waals surface area contributed by atoms with E-state index in [4.69, 9.17) is 5.73 Å². The molecule has 1 fully saturated rings. The summed E-state index contributed by atoms with van der Waals surface area (Å²) < 4.78 is 1.78. The average molecular weight is 250 g/mol. The Labute approximate surface area is 108 Å². The van der Waals surface area contributed by atoms with Crippen LogP contribution in [0.3, 0.4) is 0 Å². The first-order valence-corrected chi connectivity index (χ1v) is 6.47. The summed E-state index contributed by atoms with van der Waals surface area (Å²) >= 11 is 0. The number of carbonyl (C=O) groups excluding carboxylic acids is 1. The molecule has 5 heteroatoms. The molecule has 1 heterocycles. The van der Waals surface area contributed by atoms with Gasteiger partial charge in [-0.15, -0.1) is 0 Å². The van der Waals surface area contributed by atoms with Gasteiger partial charge in [0.2, 0.25) is 5.91 Å². The number of carbonyl (C=O) groups is 1. The zero-order valence-corrected chi connectivity index (χ0v) is 11.4. The van der Waals surface area contributed by atoms with Gasteiger partial charge in [0, 0.05) is 13.5 Å². The molecule has 1 aliphatic rings. The lowest BCUT2D eigenvalue weighted by Crippen LogP contribution is -2.40. The molecule has 1 amide bonds. The fraction of sp³-hybridized carbons (Fsp3) is 0.692. The molecule has 1 aromatic rings. The highest BCUT2D eigenvalue weighted by molar-refractivity contribution is 5.92. The number of hydrogen-bond acceptors (Lipinski definition) is 3. The van der Waals surface area contributed by atoms with Crippen LogP contribution < -0.4 is 11.1 Å². The van der Waals surface area contributed by atoms with E-state index in [0.717, 1.165) is 29.9 Å². The summed E-state index contributed by atoms with van der Waals surface area (Å²) in [6, 6.07) is 0. The van der Waals surface area contributed by atoms with E-state index in [1.54, 1.807) is 4.68 Å². The molecule has 1 aliphatic carbocycles. The first-order chi connectivity index (χ1) is 8.47. The van der Waals surface area contributed by atoms with Crippen molar-refractivity contribution in [2.45, 2.75) is 39.5 Å². The summed E-state index contributed by atoms with van der Waals surface area (Å²) in [5.74, 6) is 0.0550. The highest BCUT2D eigenvalue weighted by Gasteiger charge is 2.37. The monoisotopic (exact) mass is 250 g/mol. The van der Waals surface area contributed by atoms with Crippen LogP contribution in [0.4, 0.5) is 5.69 Å². The molecule has 1 aromatic heterocycles. The van der Waals surface area contributed by atoms with E-state index in [1.807, 2.05) is 20.9 Å². The number of anilines is 1. The van der Waals surface area contributed by atoms with Crippen molar-refractivity contribution in [1.82, 2.24) is 9.78 Å². The van der Waals surface area contributed by atoms with Crippen molar-refractivity contribution in [3.8, 4) is 0 Å². The maximum absolute atomic E-state index is 12.1. The number of nitrogens with zero attached hydrogens (tertiary/aromatic N) is 2. The van der Waals surface area contributed by atoms with Gasteiger partial charge in [0.05, 0.1) is 17.1 Å². The molecule has 1 saturated carbocycles. The second-order valence-corrected chi connectivity index (χ2v) is 5.45. The van der Waals surface area contributed by atoms with Gasteiger partial charge in [-0.05, 0) is 38.6 Å². The smallest absolute Gasteiger partial charge is 0.225 e. The second kappa shape index (κ2) is 4.72. The number of nitrogens with two attached hydrogens (primary N) is 1. The highest BCUT2D eigenvalue weighted by Crippen LogP contribution is 2.43. The Balaban J connectivity index is 2.03. The average Bonchev–Trinajstić information content (AvgIpc) is 2.51. The summed E-state index contributed by atoms with van der Waals surface area (Å²) in [7, 11) is 1.88. The topological polar surface area (TPSA) is 72.9 Å². The minimum absolute atomic E-state index is 0.0497. The number of hydrogen-bond donors (Lipinski definition) is 2. The predicted molar refractivity (Wildman–Crippen MR) is 71.3 cm³/mol. The van der Waals surface area contributed by atoms with Crippen LogP contribution in [0.25, 0.3) is 0 Å². The molecule has 0 bridgehead atoms. The van der Waals surface area contributed by atoms with Gasteiger partial charge < -0.3 is 11.1 Å².